The molecule has 0 bridgehead atoms. The van der Waals surface area contributed by atoms with E-state index in [9.17, 15) is 22.0 Å². The van der Waals surface area contributed by atoms with Crippen molar-refractivity contribution in [3.05, 3.63) is 54.1 Å². The molecule has 3 aromatic rings. The molecule has 0 aliphatic carbocycles. The summed E-state index contributed by atoms with van der Waals surface area (Å²) < 4.78 is 67.5. The molecule has 0 N–H and O–H groups in total. The van der Waals surface area contributed by atoms with Crippen molar-refractivity contribution < 1.29 is 26.7 Å². The normalized spacial score (nSPS) is 11.7. The zero-order valence-electron chi connectivity index (χ0n) is 12.3. The summed E-state index contributed by atoms with van der Waals surface area (Å²) in [6, 6.07) is 9.74. The van der Waals surface area contributed by atoms with Crippen LogP contribution in [0.3, 0.4) is 0 Å². The lowest BCUT2D eigenvalue weighted by Crippen LogP contribution is -2.16. The maximum Gasteiger partial charge on any atom is 0.573 e. The molecule has 0 saturated carbocycles. The van der Waals surface area contributed by atoms with E-state index in [1.165, 1.54) is 24.4 Å². The number of halogens is 5. The Morgan fingerprint density at radius 2 is 1.68 bits per heavy atom. The molecule has 0 fully saturated rings. The van der Waals surface area contributed by atoms with Gasteiger partial charge in [0.05, 0.1) is 5.52 Å². The van der Waals surface area contributed by atoms with E-state index in [4.69, 9.17) is 5.26 Å². The summed E-state index contributed by atoms with van der Waals surface area (Å²) in [7, 11) is 0. The number of alkyl halides is 5. The fraction of sp³-hybridized carbons (Fsp3) is 0.125. The summed E-state index contributed by atoms with van der Waals surface area (Å²) in [4.78, 5) is 3.60. The molecule has 128 valence electrons. The summed E-state index contributed by atoms with van der Waals surface area (Å²) in [5.74, 6) is -0.967. The second-order valence-corrected chi connectivity index (χ2v) is 4.98. The van der Waals surface area contributed by atoms with E-state index >= 15 is 0 Å². The third-order valence-electron chi connectivity index (χ3n) is 3.39. The summed E-state index contributed by atoms with van der Waals surface area (Å²) >= 11 is 0. The summed E-state index contributed by atoms with van der Waals surface area (Å²) in [5.41, 5.74) is 1.05. The Kier molecular flexibility index (Phi) is 4.04. The summed E-state index contributed by atoms with van der Waals surface area (Å²) in [6.45, 7) is 0. The van der Waals surface area contributed by atoms with E-state index < -0.39 is 18.6 Å². The number of imidazole rings is 1. The minimum Gasteiger partial charge on any atom is -0.406 e. The zero-order valence-corrected chi connectivity index (χ0v) is 12.3. The number of nitrogens with zero attached hydrogens (tertiary/aromatic N) is 3. The molecule has 0 amide bonds. The molecule has 25 heavy (non-hydrogen) atoms. The number of hydrogen-bond acceptors (Lipinski definition) is 3. The number of rotatable bonds is 3. The van der Waals surface area contributed by atoms with Crippen LogP contribution in [0.25, 0.3) is 16.6 Å². The number of fused-ring (bicyclic) bond motifs is 1. The van der Waals surface area contributed by atoms with Crippen LogP contribution in [0.1, 0.15) is 17.9 Å². The molecule has 2 aromatic heterocycles. The van der Waals surface area contributed by atoms with Crippen LogP contribution in [0.4, 0.5) is 22.0 Å². The van der Waals surface area contributed by atoms with E-state index in [0.717, 1.165) is 16.5 Å². The van der Waals surface area contributed by atoms with Gasteiger partial charge in [0.1, 0.15) is 11.8 Å². The van der Waals surface area contributed by atoms with Crippen molar-refractivity contribution in [2.45, 2.75) is 12.8 Å². The zero-order chi connectivity index (χ0) is 18.2. The van der Waals surface area contributed by atoms with Gasteiger partial charge in [-0.15, -0.1) is 13.2 Å². The van der Waals surface area contributed by atoms with Crippen LogP contribution in [0.2, 0.25) is 0 Å². The first kappa shape index (κ1) is 16.7. The van der Waals surface area contributed by atoms with Crippen molar-refractivity contribution in [1.29, 1.82) is 5.26 Å². The Hall–Kier alpha value is -3.15. The lowest BCUT2D eigenvalue weighted by Gasteiger charge is -2.10. The van der Waals surface area contributed by atoms with Crippen molar-refractivity contribution in [3.8, 4) is 22.9 Å². The molecule has 9 heteroatoms. The van der Waals surface area contributed by atoms with Gasteiger partial charge in [0.2, 0.25) is 0 Å². The first-order chi connectivity index (χ1) is 11.8. The van der Waals surface area contributed by atoms with Crippen molar-refractivity contribution >= 4 is 5.52 Å². The predicted octanol–water partition coefficient (Wildman–Crippen LogP) is 4.71. The summed E-state index contributed by atoms with van der Waals surface area (Å²) in [5, 5.41) is 8.96. The van der Waals surface area contributed by atoms with Gasteiger partial charge in [0, 0.05) is 6.20 Å². The number of nitriles is 1. The Labute approximate surface area is 137 Å². The van der Waals surface area contributed by atoms with E-state index in [-0.39, 0.29) is 17.0 Å². The average Bonchev–Trinajstić information content (AvgIpc) is 2.92. The Morgan fingerprint density at radius 1 is 1.04 bits per heavy atom. The van der Waals surface area contributed by atoms with Gasteiger partial charge >= 0.3 is 6.36 Å². The molecule has 0 saturated heterocycles. The first-order valence-corrected chi connectivity index (χ1v) is 6.85. The van der Waals surface area contributed by atoms with Crippen molar-refractivity contribution in [2.75, 3.05) is 0 Å². The molecule has 0 unspecified atom stereocenters. The maximum absolute atomic E-state index is 13.1. The smallest absolute Gasteiger partial charge is 0.406 e. The van der Waals surface area contributed by atoms with Crippen molar-refractivity contribution in [3.63, 3.8) is 0 Å². The fourth-order valence-corrected chi connectivity index (χ4v) is 2.36. The minimum absolute atomic E-state index is 0.129. The lowest BCUT2D eigenvalue weighted by atomic mass is 10.1. The molecule has 1 aromatic carbocycles. The first-order valence-electron chi connectivity index (χ1n) is 6.85. The van der Waals surface area contributed by atoms with Crippen LogP contribution in [-0.4, -0.2) is 15.7 Å². The van der Waals surface area contributed by atoms with Crippen molar-refractivity contribution in [1.82, 2.24) is 9.38 Å². The molecule has 3 rings (SSSR count). The Morgan fingerprint density at radius 3 is 2.24 bits per heavy atom. The quantitative estimate of drug-likeness (QED) is 0.641. The lowest BCUT2D eigenvalue weighted by molar-refractivity contribution is -0.274. The molecular weight excluding hydrogens is 345 g/mol. The molecule has 0 aliphatic heterocycles. The van der Waals surface area contributed by atoms with E-state index in [0.29, 0.717) is 11.1 Å². The van der Waals surface area contributed by atoms with Gasteiger partial charge in [0.15, 0.2) is 11.5 Å². The minimum atomic E-state index is -4.79. The highest BCUT2D eigenvalue weighted by molar-refractivity contribution is 5.68. The average molecular weight is 353 g/mol. The second kappa shape index (κ2) is 6.05. The van der Waals surface area contributed by atoms with Crippen LogP contribution in [0.5, 0.6) is 5.75 Å². The van der Waals surface area contributed by atoms with Crippen LogP contribution in [-0.2, 0) is 0 Å². The number of benzene rings is 1. The predicted molar refractivity (Wildman–Crippen MR) is 77.0 cm³/mol. The molecule has 0 aliphatic rings. The molecule has 0 spiro atoms. The van der Waals surface area contributed by atoms with Gasteiger partial charge in [-0.2, -0.15) is 5.26 Å². The van der Waals surface area contributed by atoms with E-state index in [1.807, 2.05) is 0 Å². The highest BCUT2D eigenvalue weighted by atomic mass is 19.4. The van der Waals surface area contributed by atoms with Crippen LogP contribution < -0.4 is 4.74 Å². The monoisotopic (exact) mass is 353 g/mol. The Balaban J connectivity index is 2.02. The van der Waals surface area contributed by atoms with Gasteiger partial charge < -0.3 is 4.74 Å². The van der Waals surface area contributed by atoms with Gasteiger partial charge in [-0.3, -0.25) is 4.40 Å². The standard InChI is InChI=1S/C16H8F5N3O/c17-14(18)15-23-12(7-22)13-6-3-10(8-24(13)15)9-1-4-11(5-2-9)25-16(19,20)21/h1-6,8,14H. The van der Waals surface area contributed by atoms with E-state index in [1.54, 1.807) is 12.1 Å². The largest absolute Gasteiger partial charge is 0.573 e. The third kappa shape index (κ3) is 3.38. The second-order valence-electron chi connectivity index (χ2n) is 4.98. The summed E-state index contributed by atoms with van der Waals surface area (Å²) in [6.07, 6.45) is -6.33. The van der Waals surface area contributed by atoms with E-state index in [2.05, 4.69) is 9.72 Å². The van der Waals surface area contributed by atoms with Gasteiger partial charge in [0.25, 0.3) is 6.43 Å². The molecule has 4 nitrogen and oxygen atoms in total. The third-order valence-corrected chi connectivity index (χ3v) is 3.39. The number of aromatic nitrogens is 2. The van der Waals surface area contributed by atoms with Gasteiger partial charge in [-0.1, -0.05) is 18.2 Å². The Bertz CT molecular complexity index is 955. The molecular formula is C16H8F5N3O. The molecule has 0 radical (unpaired) electrons. The van der Waals surface area contributed by atoms with Crippen LogP contribution in [0.15, 0.2) is 42.6 Å². The molecule has 2 heterocycles. The van der Waals surface area contributed by atoms with Crippen LogP contribution >= 0.6 is 0 Å². The van der Waals surface area contributed by atoms with Gasteiger partial charge in [-0.25, -0.2) is 13.8 Å². The SMILES string of the molecule is N#Cc1nc(C(F)F)n2cc(-c3ccc(OC(F)(F)F)cc3)ccc12. The molecule has 0 atom stereocenters. The number of hydrogen-bond donors (Lipinski definition) is 0. The van der Waals surface area contributed by atoms with Crippen molar-refractivity contribution in [2.24, 2.45) is 0 Å². The highest BCUT2D eigenvalue weighted by Gasteiger charge is 2.31. The fourth-order valence-electron chi connectivity index (χ4n) is 2.36. The van der Waals surface area contributed by atoms with Crippen LogP contribution in [0, 0.1) is 11.3 Å². The number of ether oxygens (including phenoxy) is 1. The topological polar surface area (TPSA) is 50.3 Å². The van der Waals surface area contributed by atoms with Gasteiger partial charge in [-0.05, 0) is 29.3 Å². The maximum atomic E-state index is 13.1. The highest BCUT2D eigenvalue weighted by Crippen LogP contribution is 2.29. The number of pyridine rings is 1.